The molecule has 1 aromatic carbocycles. The zero-order chi connectivity index (χ0) is 18.2. The first-order valence-electron chi connectivity index (χ1n) is 10.1. The summed E-state index contributed by atoms with van der Waals surface area (Å²) in [6, 6.07) is 8.60. The minimum Gasteiger partial charge on any atom is -0.298 e. The molecule has 0 amide bonds. The number of piperazine rings is 1. The summed E-state index contributed by atoms with van der Waals surface area (Å²) < 4.78 is 3.14. The molecule has 0 spiro atoms. The molecule has 0 N–H and O–H groups in total. The lowest BCUT2D eigenvalue weighted by Gasteiger charge is -2.40. The van der Waals surface area contributed by atoms with Crippen LogP contribution in [0.1, 0.15) is 32.1 Å². The fourth-order valence-corrected chi connectivity index (χ4v) is 4.60. The quantitative estimate of drug-likeness (QED) is 0.709. The number of hydrogen-bond acceptors (Lipinski definition) is 5. The zero-order valence-corrected chi connectivity index (χ0v) is 15.6. The second kappa shape index (κ2) is 7.05. The number of fused-ring (bicyclic) bond motifs is 3. The first-order valence-corrected chi connectivity index (χ1v) is 10.1. The van der Waals surface area contributed by atoms with E-state index in [1.165, 1.54) is 32.1 Å². The molecule has 27 heavy (non-hydrogen) atoms. The number of hydrogen-bond donors (Lipinski definition) is 0. The molecular formula is C20H26N6O. The Morgan fingerprint density at radius 1 is 1.00 bits per heavy atom. The first kappa shape index (κ1) is 16.9. The molecule has 1 saturated heterocycles. The molecule has 0 atom stereocenters. The molecule has 1 aliphatic carbocycles. The largest absolute Gasteiger partial charge is 0.352 e. The average Bonchev–Trinajstić information content (AvgIpc) is 3.05. The van der Waals surface area contributed by atoms with Crippen molar-refractivity contribution in [1.29, 1.82) is 0 Å². The van der Waals surface area contributed by atoms with E-state index in [4.69, 9.17) is 0 Å². The average molecular weight is 366 g/mol. The van der Waals surface area contributed by atoms with Crippen LogP contribution in [-0.4, -0.2) is 61.2 Å². The third-order valence-electron chi connectivity index (χ3n) is 6.16. The van der Waals surface area contributed by atoms with Gasteiger partial charge < -0.3 is 0 Å². The molecule has 1 aliphatic heterocycles. The van der Waals surface area contributed by atoms with Gasteiger partial charge in [-0.1, -0.05) is 31.4 Å². The van der Waals surface area contributed by atoms with Crippen LogP contribution in [0.2, 0.25) is 0 Å². The molecule has 7 nitrogen and oxygen atoms in total. The molecule has 1 saturated carbocycles. The molecule has 3 aromatic rings. The Kier molecular flexibility index (Phi) is 4.41. The summed E-state index contributed by atoms with van der Waals surface area (Å²) in [5, 5.41) is 5.53. The molecule has 7 heteroatoms. The Hall–Kier alpha value is -2.25. The summed E-state index contributed by atoms with van der Waals surface area (Å²) in [6.45, 7) is 4.73. The van der Waals surface area contributed by atoms with E-state index in [0.29, 0.717) is 12.3 Å². The fourth-order valence-electron chi connectivity index (χ4n) is 4.60. The topological polar surface area (TPSA) is 58.7 Å². The van der Waals surface area contributed by atoms with Crippen molar-refractivity contribution in [3.8, 4) is 0 Å². The molecule has 0 bridgehead atoms. The first-order chi connectivity index (χ1) is 13.3. The van der Waals surface area contributed by atoms with Crippen molar-refractivity contribution in [1.82, 2.24) is 29.0 Å². The van der Waals surface area contributed by atoms with Gasteiger partial charge in [-0.05, 0) is 25.0 Å². The summed E-state index contributed by atoms with van der Waals surface area (Å²) in [6.07, 6.45) is 8.45. The number of nitrogens with zero attached hydrogens (tertiary/aromatic N) is 6. The highest BCUT2D eigenvalue weighted by atomic mass is 16.2. The van der Waals surface area contributed by atoms with E-state index < -0.39 is 0 Å². The molecule has 2 aromatic heterocycles. The molecule has 2 fully saturated rings. The lowest BCUT2D eigenvalue weighted by atomic mass is 9.94. The van der Waals surface area contributed by atoms with Gasteiger partial charge in [0, 0.05) is 37.6 Å². The lowest BCUT2D eigenvalue weighted by Crippen LogP contribution is -2.51. The minimum absolute atomic E-state index is 0.113. The van der Waals surface area contributed by atoms with Crippen LogP contribution in [0, 0.1) is 0 Å². The van der Waals surface area contributed by atoms with Crippen LogP contribution in [0.15, 0.2) is 35.4 Å². The minimum atomic E-state index is -0.113. The Morgan fingerprint density at radius 3 is 2.59 bits per heavy atom. The molecule has 3 heterocycles. The van der Waals surface area contributed by atoms with Crippen molar-refractivity contribution < 1.29 is 0 Å². The van der Waals surface area contributed by atoms with Crippen LogP contribution >= 0.6 is 0 Å². The number of benzene rings is 1. The van der Waals surface area contributed by atoms with Crippen molar-refractivity contribution in [2.75, 3.05) is 26.2 Å². The van der Waals surface area contributed by atoms with E-state index >= 15 is 0 Å². The van der Waals surface area contributed by atoms with E-state index in [1.807, 2.05) is 24.3 Å². The smallest absolute Gasteiger partial charge is 0.298 e. The van der Waals surface area contributed by atoms with Crippen molar-refractivity contribution in [2.45, 2.75) is 44.8 Å². The third-order valence-corrected chi connectivity index (χ3v) is 6.16. The van der Waals surface area contributed by atoms with Gasteiger partial charge in [-0.15, -0.1) is 5.10 Å². The maximum Gasteiger partial charge on any atom is 0.352 e. The van der Waals surface area contributed by atoms with Gasteiger partial charge in [0.1, 0.15) is 6.33 Å². The number of rotatable bonds is 3. The molecule has 0 radical (unpaired) electrons. The summed E-state index contributed by atoms with van der Waals surface area (Å²) in [4.78, 5) is 22.1. The Labute approximate surface area is 158 Å². The van der Waals surface area contributed by atoms with Crippen molar-refractivity contribution >= 4 is 16.6 Å². The highest BCUT2D eigenvalue weighted by molar-refractivity contribution is 5.90. The second-order valence-electron chi connectivity index (χ2n) is 7.82. The van der Waals surface area contributed by atoms with Crippen LogP contribution in [0.4, 0.5) is 0 Å². The van der Waals surface area contributed by atoms with Gasteiger partial charge in [0.25, 0.3) is 0 Å². The Bertz CT molecular complexity index is 995. The van der Waals surface area contributed by atoms with Gasteiger partial charge >= 0.3 is 5.69 Å². The Morgan fingerprint density at radius 2 is 1.78 bits per heavy atom. The van der Waals surface area contributed by atoms with E-state index in [-0.39, 0.29) is 5.69 Å². The summed E-state index contributed by atoms with van der Waals surface area (Å²) >= 11 is 0. The summed E-state index contributed by atoms with van der Waals surface area (Å²) in [7, 11) is 0. The maximum atomic E-state index is 12.7. The molecule has 5 rings (SSSR count). The normalized spacial score (nSPS) is 20.6. The fraction of sp³-hybridized carbons (Fsp3) is 0.550. The van der Waals surface area contributed by atoms with Crippen molar-refractivity contribution in [2.24, 2.45) is 0 Å². The monoisotopic (exact) mass is 366 g/mol. The number of para-hydroxylation sites is 1. The van der Waals surface area contributed by atoms with E-state index in [0.717, 1.165) is 43.1 Å². The van der Waals surface area contributed by atoms with Crippen LogP contribution in [0.25, 0.3) is 16.6 Å². The van der Waals surface area contributed by atoms with Crippen LogP contribution in [-0.2, 0) is 6.67 Å². The highest BCUT2D eigenvalue weighted by Crippen LogP contribution is 2.23. The molecule has 0 unspecified atom stereocenters. The van der Waals surface area contributed by atoms with E-state index in [9.17, 15) is 4.79 Å². The van der Waals surface area contributed by atoms with E-state index in [1.54, 1.807) is 15.4 Å². The predicted molar refractivity (Wildman–Crippen MR) is 105 cm³/mol. The SMILES string of the molecule is O=c1n(CN2CCN(C3CCCCC3)CC2)nc2c3ccccc3ncn12. The van der Waals surface area contributed by atoms with Gasteiger partial charge in [0.05, 0.1) is 12.2 Å². The standard InChI is InChI=1S/C20H26N6O/c27-20-25-14-21-18-9-5-4-8-17(18)19(25)22-26(20)15-23-10-12-24(13-11-23)16-6-2-1-3-7-16/h4-5,8-9,14,16H,1-3,6-7,10-13,15H2. The van der Waals surface area contributed by atoms with Crippen LogP contribution in [0.3, 0.4) is 0 Å². The summed E-state index contributed by atoms with van der Waals surface area (Å²) in [5.74, 6) is 0. The van der Waals surface area contributed by atoms with Gasteiger partial charge in [-0.25, -0.2) is 14.2 Å². The van der Waals surface area contributed by atoms with Crippen molar-refractivity contribution in [3.05, 3.63) is 41.1 Å². The molecule has 2 aliphatic rings. The van der Waals surface area contributed by atoms with Gasteiger partial charge in [-0.2, -0.15) is 4.68 Å². The zero-order valence-electron chi connectivity index (χ0n) is 15.6. The number of aromatic nitrogens is 4. The van der Waals surface area contributed by atoms with Gasteiger partial charge in [-0.3, -0.25) is 9.80 Å². The third kappa shape index (κ3) is 3.15. The predicted octanol–water partition coefficient (Wildman–Crippen LogP) is 1.95. The van der Waals surface area contributed by atoms with Gasteiger partial charge in [0.2, 0.25) is 0 Å². The van der Waals surface area contributed by atoms with Crippen LogP contribution in [0.5, 0.6) is 0 Å². The maximum absolute atomic E-state index is 12.7. The molecule has 142 valence electrons. The Balaban J connectivity index is 1.33. The lowest BCUT2D eigenvalue weighted by molar-refractivity contribution is 0.0606. The van der Waals surface area contributed by atoms with Crippen molar-refractivity contribution in [3.63, 3.8) is 0 Å². The summed E-state index contributed by atoms with van der Waals surface area (Å²) in [5.41, 5.74) is 1.44. The molecular weight excluding hydrogens is 340 g/mol. The van der Waals surface area contributed by atoms with E-state index in [2.05, 4.69) is 19.9 Å². The van der Waals surface area contributed by atoms with Crippen LogP contribution < -0.4 is 5.69 Å². The second-order valence-corrected chi connectivity index (χ2v) is 7.82. The van der Waals surface area contributed by atoms with Gasteiger partial charge in [0.15, 0.2) is 5.65 Å². The highest BCUT2D eigenvalue weighted by Gasteiger charge is 2.25.